The summed E-state index contributed by atoms with van der Waals surface area (Å²) in [6.07, 6.45) is 7.76. The number of nitrogens with one attached hydrogen (secondary N) is 1. The van der Waals surface area contributed by atoms with Crippen molar-refractivity contribution in [2.75, 3.05) is 6.54 Å². The van der Waals surface area contributed by atoms with E-state index in [9.17, 15) is 0 Å². The lowest BCUT2D eigenvalue weighted by molar-refractivity contribution is 0.215. The molecule has 1 aliphatic heterocycles. The van der Waals surface area contributed by atoms with Gasteiger partial charge in [-0.15, -0.1) is 0 Å². The van der Waals surface area contributed by atoms with E-state index in [1.54, 1.807) is 0 Å². The summed E-state index contributed by atoms with van der Waals surface area (Å²) in [4.78, 5) is 0. The van der Waals surface area contributed by atoms with Gasteiger partial charge in [0, 0.05) is 24.1 Å². The predicted molar refractivity (Wildman–Crippen MR) is 59.9 cm³/mol. The van der Waals surface area contributed by atoms with E-state index in [-0.39, 0.29) is 5.54 Å². The average molecular weight is 205 g/mol. The Morgan fingerprint density at radius 1 is 1.27 bits per heavy atom. The largest absolute Gasteiger partial charge is 0.466 e. The van der Waals surface area contributed by atoms with Crippen LogP contribution >= 0.6 is 0 Å². The second-order valence-electron chi connectivity index (χ2n) is 5.01. The van der Waals surface area contributed by atoms with Crippen LogP contribution < -0.4 is 5.32 Å². The van der Waals surface area contributed by atoms with Crippen molar-refractivity contribution in [3.63, 3.8) is 0 Å². The fourth-order valence-electron chi connectivity index (χ4n) is 3.27. The SMILES string of the molecule is Cc1cc2c(o1)CCNC21CCCCC1. The van der Waals surface area contributed by atoms with Crippen LogP contribution in [0.15, 0.2) is 10.5 Å². The van der Waals surface area contributed by atoms with E-state index >= 15 is 0 Å². The summed E-state index contributed by atoms with van der Waals surface area (Å²) in [6.45, 7) is 3.15. The van der Waals surface area contributed by atoms with E-state index < -0.39 is 0 Å². The average Bonchev–Trinajstić information content (AvgIpc) is 2.62. The van der Waals surface area contributed by atoms with Gasteiger partial charge in [0.15, 0.2) is 0 Å². The van der Waals surface area contributed by atoms with Gasteiger partial charge in [0.25, 0.3) is 0 Å². The molecule has 2 heterocycles. The number of rotatable bonds is 0. The molecular weight excluding hydrogens is 186 g/mol. The summed E-state index contributed by atoms with van der Waals surface area (Å²) in [5.74, 6) is 2.32. The number of fused-ring (bicyclic) bond motifs is 2. The summed E-state index contributed by atoms with van der Waals surface area (Å²) in [5.41, 5.74) is 1.73. The molecule has 0 radical (unpaired) electrons. The third-order valence-electron chi connectivity index (χ3n) is 3.97. The van der Waals surface area contributed by atoms with Crippen LogP contribution in [0.3, 0.4) is 0 Å². The molecule has 0 amide bonds. The Morgan fingerprint density at radius 3 is 2.87 bits per heavy atom. The Morgan fingerprint density at radius 2 is 2.07 bits per heavy atom. The molecule has 1 saturated carbocycles. The van der Waals surface area contributed by atoms with Crippen LogP contribution in [0.25, 0.3) is 0 Å². The Balaban J connectivity index is 2.03. The number of hydrogen-bond donors (Lipinski definition) is 1. The molecule has 2 nitrogen and oxygen atoms in total. The smallest absolute Gasteiger partial charge is 0.110 e. The fraction of sp³-hybridized carbons (Fsp3) is 0.692. The van der Waals surface area contributed by atoms with Gasteiger partial charge in [-0.25, -0.2) is 0 Å². The van der Waals surface area contributed by atoms with E-state index in [0.717, 1.165) is 18.7 Å². The molecule has 1 aromatic heterocycles. The highest BCUT2D eigenvalue weighted by molar-refractivity contribution is 5.32. The van der Waals surface area contributed by atoms with Crippen LogP contribution in [0.2, 0.25) is 0 Å². The van der Waals surface area contributed by atoms with Crippen LogP contribution in [0.1, 0.15) is 49.2 Å². The van der Waals surface area contributed by atoms with Gasteiger partial charge < -0.3 is 9.73 Å². The van der Waals surface area contributed by atoms with Gasteiger partial charge in [-0.05, 0) is 25.8 Å². The van der Waals surface area contributed by atoms with Crippen molar-refractivity contribution in [2.24, 2.45) is 0 Å². The third-order valence-corrected chi connectivity index (χ3v) is 3.97. The molecule has 2 aliphatic rings. The minimum absolute atomic E-state index is 0.267. The van der Waals surface area contributed by atoms with Crippen molar-refractivity contribution in [3.8, 4) is 0 Å². The van der Waals surface area contributed by atoms with E-state index in [0.29, 0.717) is 0 Å². The van der Waals surface area contributed by atoms with Crippen molar-refractivity contribution >= 4 is 0 Å². The number of hydrogen-bond acceptors (Lipinski definition) is 2. The van der Waals surface area contributed by atoms with E-state index in [2.05, 4.69) is 18.3 Å². The second-order valence-corrected chi connectivity index (χ2v) is 5.01. The lowest BCUT2D eigenvalue weighted by Crippen LogP contribution is -2.48. The molecule has 0 unspecified atom stereocenters. The molecule has 0 saturated heterocycles. The summed E-state index contributed by atoms with van der Waals surface area (Å²) in [6, 6.07) is 2.26. The maximum absolute atomic E-state index is 5.79. The molecule has 3 rings (SSSR count). The first-order chi connectivity index (χ1) is 7.30. The molecule has 1 fully saturated rings. The second kappa shape index (κ2) is 3.38. The van der Waals surface area contributed by atoms with E-state index in [4.69, 9.17) is 4.42 Å². The van der Waals surface area contributed by atoms with Crippen molar-refractivity contribution < 1.29 is 4.42 Å². The van der Waals surface area contributed by atoms with Gasteiger partial charge in [-0.2, -0.15) is 0 Å². The number of aryl methyl sites for hydroxylation is 1. The number of furan rings is 1. The molecule has 2 heteroatoms. The van der Waals surface area contributed by atoms with Gasteiger partial charge in [0.1, 0.15) is 11.5 Å². The minimum atomic E-state index is 0.267. The molecule has 82 valence electrons. The normalized spacial score (nSPS) is 24.1. The summed E-state index contributed by atoms with van der Waals surface area (Å²) in [5, 5.41) is 3.74. The standard InChI is InChI=1S/C13H19NO/c1-10-9-11-12(15-10)5-8-14-13(11)6-3-2-4-7-13/h9,14H,2-8H2,1H3. The van der Waals surface area contributed by atoms with Crippen molar-refractivity contribution in [1.82, 2.24) is 5.32 Å². The van der Waals surface area contributed by atoms with Crippen LogP contribution in [0.4, 0.5) is 0 Å². The van der Waals surface area contributed by atoms with Crippen LogP contribution in [-0.4, -0.2) is 6.54 Å². The molecule has 1 N–H and O–H groups in total. The van der Waals surface area contributed by atoms with E-state index in [1.807, 2.05) is 0 Å². The summed E-state index contributed by atoms with van der Waals surface area (Å²) < 4.78 is 5.79. The zero-order valence-electron chi connectivity index (χ0n) is 9.44. The highest BCUT2D eigenvalue weighted by Gasteiger charge is 2.39. The van der Waals surface area contributed by atoms with Crippen LogP contribution in [0.5, 0.6) is 0 Å². The van der Waals surface area contributed by atoms with Gasteiger partial charge in [0.2, 0.25) is 0 Å². The van der Waals surface area contributed by atoms with Gasteiger partial charge in [-0.1, -0.05) is 19.3 Å². The lowest BCUT2D eigenvalue weighted by Gasteiger charge is -2.41. The molecule has 1 aromatic rings. The van der Waals surface area contributed by atoms with Gasteiger partial charge in [-0.3, -0.25) is 0 Å². The van der Waals surface area contributed by atoms with Crippen LogP contribution in [-0.2, 0) is 12.0 Å². The predicted octanol–water partition coefficient (Wildman–Crippen LogP) is 2.89. The lowest BCUT2D eigenvalue weighted by atomic mass is 9.74. The fourth-order valence-corrected chi connectivity index (χ4v) is 3.27. The molecule has 0 bridgehead atoms. The van der Waals surface area contributed by atoms with Crippen molar-refractivity contribution in [3.05, 3.63) is 23.2 Å². The molecular formula is C13H19NO. The minimum Gasteiger partial charge on any atom is -0.466 e. The van der Waals surface area contributed by atoms with E-state index in [1.165, 1.54) is 43.4 Å². The Kier molecular flexibility index (Phi) is 2.13. The van der Waals surface area contributed by atoms with Gasteiger partial charge >= 0.3 is 0 Å². The molecule has 1 aliphatic carbocycles. The topological polar surface area (TPSA) is 25.2 Å². The Labute approximate surface area is 91.0 Å². The maximum atomic E-state index is 5.79. The quantitative estimate of drug-likeness (QED) is 0.704. The first-order valence-electron chi connectivity index (χ1n) is 6.15. The maximum Gasteiger partial charge on any atom is 0.110 e. The summed E-state index contributed by atoms with van der Waals surface area (Å²) in [7, 11) is 0. The third kappa shape index (κ3) is 1.43. The first-order valence-corrected chi connectivity index (χ1v) is 6.15. The van der Waals surface area contributed by atoms with Crippen molar-refractivity contribution in [1.29, 1.82) is 0 Å². The Hall–Kier alpha value is -0.760. The molecule has 15 heavy (non-hydrogen) atoms. The molecule has 1 spiro atoms. The zero-order valence-corrected chi connectivity index (χ0v) is 9.44. The summed E-state index contributed by atoms with van der Waals surface area (Å²) >= 11 is 0. The van der Waals surface area contributed by atoms with Crippen molar-refractivity contribution in [2.45, 2.75) is 51.0 Å². The Bertz CT molecular complexity index is 361. The first kappa shape index (κ1) is 9.46. The van der Waals surface area contributed by atoms with Crippen LogP contribution in [0, 0.1) is 6.92 Å². The highest BCUT2D eigenvalue weighted by Crippen LogP contribution is 2.41. The molecule has 0 aromatic carbocycles. The highest BCUT2D eigenvalue weighted by atomic mass is 16.3. The zero-order chi connectivity index (χ0) is 10.3. The molecule has 0 atom stereocenters. The van der Waals surface area contributed by atoms with Gasteiger partial charge in [0.05, 0.1) is 0 Å². The monoisotopic (exact) mass is 205 g/mol.